The molecule has 1 atom stereocenters. The Labute approximate surface area is 122 Å². The van der Waals surface area contributed by atoms with Gasteiger partial charge in [0, 0.05) is 31.0 Å². The zero-order valence-corrected chi connectivity index (χ0v) is 12.1. The molecule has 1 aromatic carbocycles. The summed E-state index contributed by atoms with van der Waals surface area (Å²) >= 11 is 0. The van der Waals surface area contributed by atoms with Gasteiger partial charge in [0.05, 0.1) is 10.5 Å². The number of nitro benzene ring substituents is 1. The first kappa shape index (κ1) is 15.2. The normalized spacial score (nSPS) is 21.0. The van der Waals surface area contributed by atoms with Gasteiger partial charge in [-0.05, 0) is 38.3 Å². The van der Waals surface area contributed by atoms with Crippen molar-refractivity contribution in [3.05, 3.63) is 33.9 Å². The molecule has 1 aromatic rings. The predicted octanol–water partition coefficient (Wildman–Crippen LogP) is 2.59. The molecule has 2 N–H and O–H groups in total. The van der Waals surface area contributed by atoms with Crippen LogP contribution in [0.2, 0.25) is 0 Å². The van der Waals surface area contributed by atoms with Gasteiger partial charge in [0.15, 0.2) is 0 Å². The topological polar surface area (TPSA) is 93.5 Å². The number of hydrogen-bond acceptors (Lipinski definition) is 4. The molecule has 0 aliphatic carbocycles. The number of benzene rings is 1. The molecule has 0 bridgehead atoms. The maximum Gasteiger partial charge on any atom is 0.319 e. The SMILES string of the molecule is Cc1cc([N+](=O)[O-])ccc1NC(=O)NCC1(C)CCCO1. The van der Waals surface area contributed by atoms with Gasteiger partial charge in [-0.15, -0.1) is 0 Å². The van der Waals surface area contributed by atoms with Gasteiger partial charge in [-0.25, -0.2) is 4.79 Å². The molecule has 114 valence electrons. The fraction of sp³-hybridized carbons (Fsp3) is 0.500. The molecule has 0 aromatic heterocycles. The highest BCUT2D eigenvalue weighted by molar-refractivity contribution is 5.90. The predicted molar refractivity (Wildman–Crippen MR) is 78.4 cm³/mol. The van der Waals surface area contributed by atoms with Gasteiger partial charge in [0.25, 0.3) is 5.69 Å². The number of nitro groups is 1. The number of ether oxygens (including phenoxy) is 1. The highest BCUT2D eigenvalue weighted by Gasteiger charge is 2.30. The van der Waals surface area contributed by atoms with E-state index in [-0.39, 0.29) is 17.3 Å². The van der Waals surface area contributed by atoms with Crippen molar-refractivity contribution in [2.75, 3.05) is 18.5 Å². The Kier molecular flexibility index (Phi) is 4.42. The van der Waals surface area contributed by atoms with Crippen molar-refractivity contribution < 1.29 is 14.5 Å². The van der Waals surface area contributed by atoms with Crippen LogP contribution in [0.5, 0.6) is 0 Å². The van der Waals surface area contributed by atoms with Gasteiger partial charge in [-0.2, -0.15) is 0 Å². The molecule has 21 heavy (non-hydrogen) atoms. The molecule has 0 spiro atoms. The zero-order valence-electron chi connectivity index (χ0n) is 12.1. The Bertz CT molecular complexity index is 553. The second kappa shape index (κ2) is 6.09. The van der Waals surface area contributed by atoms with Crippen LogP contribution >= 0.6 is 0 Å². The number of rotatable bonds is 4. The maximum absolute atomic E-state index is 11.9. The molecular formula is C14H19N3O4. The maximum atomic E-state index is 11.9. The molecule has 1 saturated heterocycles. The summed E-state index contributed by atoms with van der Waals surface area (Å²) in [6.07, 6.45) is 1.92. The van der Waals surface area contributed by atoms with E-state index >= 15 is 0 Å². The quantitative estimate of drug-likeness (QED) is 0.659. The van der Waals surface area contributed by atoms with E-state index in [1.165, 1.54) is 18.2 Å². The number of urea groups is 1. The summed E-state index contributed by atoms with van der Waals surface area (Å²) in [5.74, 6) is 0. The largest absolute Gasteiger partial charge is 0.373 e. The minimum Gasteiger partial charge on any atom is -0.373 e. The number of non-ortho nitro benzene ring substituents is 1. The lowest BCUT2D eigenvalue weighted by atomic mass is 10.0. The standard InChI is InChI=1S/C14H19N3O4/c1-10-8-11(17(19)20)4-5-12(10)16-13(18)15-9-14(2)6-3-7-21-14/h4-5,8H,3,6-7,9H2,1-2H3,(H2,15,16,18). The highest BCUT2D eigenvalue weighted by atomic mass is 16.6. The lowest BCUT2D eigenvalue weighted by molar-refractivity contribution is -0.384. The monoisotopic (exact) mass is 293 g/mol. The summed E-state index contributed by atoms with van der Waals surface area (Å²) < 4.78 is 5.59. The van der Waals surface area contributed by atoms with Crippen molar-refractivity contribution in [3.63, 3.8) is 0 Å². The molecule has 1 aliphatic rings. The van der Waals surface area contributed by atoms with E-state index in [4.69, 9.17) is 4.74 Å². The fourth-order valence-electron chi connectivity index (χ4n) is 2.31. The summed E-state index contributed by atoms with van der Waals surface area (Å²) in [7, 11) is 0. The van der Waals surface area contributed by atoms with Crippen LogP contribution in [0.15, 0.2) is 18.2 Å². The van der Waals surface area contributed by atoms with Crippen LogP contribution in [-0.2, 0) is 4.74 Å². The number of nitrogens with one attached hydrogen (secondary N) is 2. The van der Waals surface area contributed by atoms with Gasteiger partial charge >= 0.3 is 6.03 Å². The third-order valence-electron chi connectivity index (χ3n) is 3.59. The Hall–Kier alpha value is -2.15. The Balaban J connectivity index is 1.92. The first-order valence-corrected chi connectivity index (χ1v) is 6.83. The average molecular weight is 293 g/mol. The van der Waals surface area contributed by atoms with Crippen LogP contribution in [0.1, 0.15) is 25.3 Å². The van der Waals surface area contributed by atoms with E-state index in [0.29, 0.717) is 17.8 Å². The number of carbonyl (C=O) groups excluding carboxylic acids is 1. The van der Waals surface area contributed by atoms with Crippen LogP contribution in [-0.4, -0.2) is 29.7 Å². The third-order valence-corrected chi connectivity index (χ3v) is 3.59. The van der Waals surface area contributed by atoms with Gasteiger partial charge in [-0.3, -0.25) is 10.1 Å². The second-order valence-corrected chi connectivity index (χ2v) is 5.47. The zero-order chi connectivity index (χ0) is 15.5. The van der Waals surface area contributed by atoms with Crippen LogP contribution in [0, 0.1) is 17.0 Å². The Morgan fingerprint density at radius 1 is 1.52 bits per heavy atom. The van der Waals surface area contributed by atoms with E-state index in [9.17, 15) is 14.9 Å². The smallest absolute Gasteiger partial charge is 0.319 e. The summed E-state index contributed by atoms with van der Waals surface area (Å²) in [6.45, 7) is 4.84. The number of carbonyl (C=O) groups is 1. The summed E-state index contributed by atoms with van der Waals surface area (Å²) in [5, 5.41) is 16.1. The molecule has 0 radical (unpaired) electrons. The molecule has 1 aliphatic heterocycles. The molecule has 1 heterocycles. The molecule has 2 amide bonds. The average Bonchev–Trinajstić information content (AvgIpc) is 2.86. The fourth-order valence-corrected chi connectivity index (χ4v) is 2.31. The lowest BCUT2D eigenvalue weighted by Gasteiger charge is -2.23. The number of hydrogen-bond donors (Lipinski definition) is 2. The first-order valence-electron chi connectivity index (χ1n) is 6.83. The molecule has 0 saturated carbocycles. The van der Waals surface area contributed by atoms with E-state index in [1.807, 2.05) is 6.92 Å². The van der Waals surface area contributed by atoms with Crippen molar-refractivity contribution in [2.45, 2.75) is 32.3 Å². The summed E-state index contributed by atoms with van der Waals surface area (Å²) in [5.41, 5.74) is 0.894. The van der Waals surface area contributed by atoms with Gasteiger partial charge < -0.3 is 15.4 Å². The second-order valence-electron chi connectivity index (χ2n) is 5.47. The number of aryl methyl sites for hydroxylation is 1. The van der Waals surface area contributed by atoms with Gasteiger partial charge in [0.1, 0.15) is 0 Å². The summed E-state index contributed by atoms with van der Waals surface area (Å²) in [6, 6.07) is 3.98. The van der Waals surface area contributed by atoms with E-state index in [0.717, 1.165) is 19.4 Å². The van der Waals surface area contributed by atoms with Crippen LogP contribution in [0.3, 0.4) is 0 Å². The Morgan fingerprint density at radius 2 is 2.29 bits per heavy atom. The van der Waals surface area contributed by atoms with E-state index in [1.54, 1.807) is 6.92 Å². The van der Waals surface area contributed by atoms with E-state index in [2.05, 4.69) is 10.6 Å². The Morgan fingerprint density at radius 3 is 2.86 bits per heavy atom. The molecule has 1 fully saturated rings. The van der Waals surface area contributed by atoms with Crippen LogP contribution in [0.4, 0.5) is 16.2 Å². The van der Waals surface area contributed by atoms with Crippen molar-refractivity contribution in [1.82, 2.24) is 5.32 Å². The van der Waals surface area contributed by atoms with Crippen molar-refractivity contribution in [3.8, 4) is 0 Å². The van der Waals surface area contributed by atoms with Crippen LogP contribution < -0.4 is 10.6 Å². The van der Waals surface area contributed by atoms with Crippen LogP contribution in [0.25, 0.3) is 0 Å². The molecule has 7 nitrogen and oxygen atoms in total. The third kappa shape index (κ3) is 3.91. The van der Waals surface area contributed by atoms with Crippen molar-refractivity contribution in [1.29, 1.82) is 0 Å². The molecule has 2 rings (SSSR count). The minimum atomic E-state index is -0.463. The minimum absolute atomic E-state index is 0.00493. The highest BCUT2D eigenvalue weighted by Crippen LogP contribution is 2.24. The lowest BCUT2D eigenvalue weighted by Crippen LogP contribution is -2.41. The number of anilines is 1. The van der Waals surface area contributed by atoms with Gasteiger partial charge in [0.2, 0.25) is 0 Å². The molecule has 1 unspecified atom stereocenters. The number of nitrogens with zero attached hydrogens (tertiary/aromatic N) is 1. The molecule has 7 heteroatoms. The van der Waals surface area contributed by atoms with Gasteiger partial charge in [-0.1, -0.05) is 0 Å². The summed E-state index contributed by atoms with van der Waals surface area (Å²) in [4.78, 5) is 22.1. The number of amides is 2. The first-order chi connectivity index (χ1) is 9.89. The van der Waals surface area contributed by atoms with Crippen molar-refractivity contribution >= 4 is 17.4 Å². The van der Waals surface area contributed by atoms with E-state index < -0.39 is 4.92 Å². The molecular weight excluding hydrogens is 274 g/mol. The van der Waals surface area contributed by atoms with Crippen molar-refractivity contribution in [2.24, 2.45) is 0 Å².